The fraction of sp³-hybridized carbons (Fsp3) is 0.643. The molecule has 7 heteroatoms. The molecular weight excluding hydrogens is 270 g/mol. The Morgan fingerprint density at radius 1 is 1.43 bits per heavy atom. The first-order chi connectivity index (χ1) is 10.0. The molecule has 3 N–H and O–H groups in total. The van der Waals surface area contributed by atoms with Crippen molar-refractivity contribution < 1.29 is 4.92 Å². The van der Waals surface area contributed by atoms with Gasteiger partial charge in [0.05, 0.1) is 4.92 Å². The van der Waals surface area contributed by atoms with Gasteiger partial charge in [-0.05, 0) is 44.7 Å². The summed E-state index contributed by atoms with van der Waals surface area (Å²) in [4.78, 5) is 16.8. The second kappa shape index (κ2) is 5.48. The van der Waals surface area contributed by atoms with E-state index in [-0.39, 0.29) is 11.5 Å². The summed E-state index contributed by atoms with van der Waals surface area (Å²) in [5.74, 6) is 1.22. The SMILES string of the molecule is CN1C2CCC1CC(CNc1ccc([N+](=O)[O-])c(N)n1)C2. The van der Waals surface area contributed by atoms with E-state index >= 15 is 0 Å². The number of nitrogens with zero attached hydrogens (tertiary/aromatic N) is 3. The Morgan fingerprint density at radius 2 is 2.10 bits per heavy atom. The molecule has 0 aliphatic carbocycles. The predicted molar refractivity (Wildman–Crippen MR) is 81.1 cm³/mol. The molecule has 0 aromatic carbocycles. The van der Waals surface area contributed by atoms with E-state index in [1.165, 1.54) is 31.7 Å². The van der Waals surface area contributed by atoms with Gasteiger partial charge < -0.3 is 16.0 Å². The van der Waals surface area contributed by atoms with Crippen molar-refractivity contribution in [3.05, 3.63) is 22.2 Å². The molecule has 0 amide bonds. The highest BCUT2D eigenvalue weighted by Gasteiger charge is 2.38. The van der Waals surface area contributed by atoms with Gasteiger partial charge >= 0.3 is 5.69 Å². The van der Waals surface area contributed by atoms with E-state index < -0.39 is 4.92 Å². The molecule has 3 heterocycles. The van der Waals surface area contributed by atoms with Gasteiger partial charge in [-0.15, -0.1) is 0 Å². The van der Waals surface area contributed by atoms with Crippen molar-refractivity contribution >= 4 is 17.3 Å². The summed E-state index contributed by atoms with van der Waals surface area (Å²) in [6.07, 6.45) is 5.03. The summed E-state index contributed by atoms with van der Waals surface area (Å²) in [7, 11) is 2.23. The standard InChI is InChI=1S/C14H21N5O2/c1-18-10-2-3-11(18)7-9(6-10)8-16-13-5-4-12(19(20)21)14(15)17-13/h4-5,9-11H,2-3,6-8H2,1H3,(H3,15,16,17). The molecule has 0 radical (unpaired) electrons. The first kappa shape index (κ1) is 14.1. The molecule has 7 nitrogen and oxygen atoms in total. The van der Waals surface area contributed by atoms with Crippen LogP contribution in [0.25, 0.3) is 0 Å². The first-order valence-electron chi connectivity index (χ1n) is 7.41. The molecule has 3 rings (SSSR count). The number of fused-ring (bicyclic) bond motifs is 2. The van der Waals surface area contributed by atoms with Crippen molar-refractivity contribution in [2.24, 2.45) is 5.92 Å². The summed E-state index contributed by atoms with van der Waals surface area (Å²) in [5.41, 5.74) is 5.46. The quantitative estimate of drug-likeness (QED) is 0.649. The van der Waals surface area contributed by atoms with Gasteiger partial charge in [0, 0.05) is 24.7 Å². The molecule has 2 fully saturated rings. The number of rotatable bonds is 4. The number of piperidine rings is 1. The van der Waals surface area contributed by atoms with Gasteiger partial charge in [-0.1, -0.05) is 0 Å². The van der Waals surface area contributed by atoms with Crippen LogP contribution in [0.3, 0.4) is 0 Å². The Hall–Kier alpha value is -1.89. The summed E-state index contributed by atoms with van der Waals surface area (Å²) in [5, 5.41) is 14.0. The average Bonchev–Trinajstić information content (AvgIpc) is 2.67. The van der Waals surface area contributed by atoms with Crippen LogP contribution in [0.15, 0.2) is 12.1 Å². The van der Waals surface area contributed by atoms with E-state index in [9.17, 15) is 10.1 Å². The molecule has 0 spiro atoms. The Labute approximate surface area is 123 Å². The van der Waals surface area contributed by atoms with Gasteiger partial charge in [-0.25, -0.2) is 4.98 Å². The number of nitro groups is 1. The molecule has 1 aromatic heterocycles. The lowest BCUT2D eigenvalue weighted by Crippen LogP contribution is -2.41. The van der Waals surface area contributed by atoms with Crippen LogP contribution in [-0.2, 0) is 0 Å². The van der Waals surface area contributed by atoms with Gasteiger partial charge in [-0.2, -0.15) is 0 Å². The number of nitrogens with one attached hydrogen (secondary N) is 1. The lowest BCUT2D eigenvalue weighted by atomic mass is 9.91. The zero-order valence-electron chi connectivity index (χ0n) is 12.2. The van der Waals surface area contributed by atoms with Gasteiger partial charge in [0.15, 0.2) is 0 Å². The third-order valence-corrected chi connectivity index (χ3v) is 4.87. The zero-order chi connectivity index (χ0) is 15.0. The minimum Gasteiger partial charge on any atom is -0.378 e. The van der Waals surface area contributed by atoms with Crippen molar-refractivity contribution in [3.8, 4) is 0 Å². The Kier molecular flexibility index (Phi) is 3.67. The van der Waals surface area contributed by atoms with E-state index in [1.807, 2.05) is 0 Å². The highest BCUT2D eigenvalue weighted by molar-refractivity contribution is 5.57. The molecule has 2 unspecified atom stereocenters. The number of hydrogen-bond acceptors (Lipinski definition) is 6. The topological polar surface area (TPSA) is 97.3 Å². The minimum atomic E-state index is -0.513. The maximum absolute atomic E-state index is 10.7. The van der Waals surface area contributed by atoms with Gasteiger partial charge in [-0.3, -0.25) is 10.1 Å². The molecular formula is C14H21N5O2. The summed E-state index contributed by atoms with van der Waals surface area (Å²) >= 11 is 0. The van der Waals surface area contributed by atoms with Crippen LogP contribution >= 0.6 is 0 Å². The Bertz CT molecular complexity index is 536. The highest BCUT2D eigenvalue weighted by Crippen LogP contribution is 2.37. The van der Waals surface area contributed by atoms with Gasteiger partial charge in [0.2, 0.25) is 5.82 Å². The van der Waals surface area contributed by atoms with E-state index in [0.29, 0.717) is 23.8 Å². The number of pyridine rings is 1. The second-order valence-corrected chi connectivity index (χ2v) is 6.13. The third-order valence-electron chi connectivity index (χ3n) is 4.87. The van der Waals surface area contributed by atoms with Crippen LogP contribution in [0, 0.1) is 16.0 Å². The van der Waals surface area contributed by atoms with Crippen molar-refractivity contribution in [2.75, 3.05) is 24.6 Å². The van der Waals surface area contributed by atoms with E-state index in [4.69, 9.17) is 5.73 Å². The number of nitrogen functional groups attached to an aromatic ring is 1. The average molecular weight is 291 g/mol. The number of aromatic nitrogens is 1. The monoisotopic (exact) mass is 291 g/mol. The van der Waals surface area contributed by atoms with Gasteiger partial charge in [0.25, 0.3) is 0 Å². The maximum Gasteiger partial charge on any atom is 0.311 e. The number of hydrogen-bond donors (Lipinski definition) is 2. The number of nitrogens with two attached hydrogens (primary N) is 1. The van der Waals surface area contributed by atoms with Crippen LogP contribution in [0.4, 0.5) is 17.3 Å². The van der Waals surface area contributed by atoms with Crippen LogP contribution in [-0.4, -0.2) is 40.5 Å². The second-order valence-electron chi connectivity index (χ2n) is 6.13. The summed E-state index contributed by atoms with van der Waals surface area (Å²) in [6, 6.07) is 4.46. The molecule has 0 saturated carbocycles. The highest BCUT2D eigenvalue weighted by atomic mass is 16.6. The molecule has 2 bridgehead atoms. The summed E-state index contributed by atoms with van der Waals surface area (Å²) < 4.78 is 0. The molecule has 2 atom stereocenters. The van der Waals surface area contributed by atoms with Crippen LogP contribution < -0.4 is 11.1 Å². The Morgan fingerprint density at radius 3 is 2.67 bits per heavy atom. The van der Waals surface area contributed by atoms with Crippen LogP contribution in [0.2, 0.25) is 0 Å². The largest absolute Gasteiger partial charge is 0.378 e. The van der Waals surface area contributed by atoms with Gasteiger partial charge in [0.1, 0.15) is 5.82 Å². The zero-order valence-corrected chi connectivity index (χ0v) is 12.2. The molecule has 2 saturated heterocycles. The molecule has 2 aliphatic rings. The molecule has 1 aromatic rings. The normalized spacial score (nSPS) is 28.5. The minimum absolute atomic E-state index is 0.0338. The Balaban J connectivity index is 1.58. The maximum atomic E-state index is 10.7. The lowest BCUT2D eigenvalue weighted by Gasteiger charge is -2.36. The van der Waals surface area contributed by atoms with E-state index in [0.717, 1.165) is 6.54 Å². The van der Waals surface area contributed by atoms with Crippen LogP contribution in [0.1, 0.15) is 25.7 Å². The fourth-order valence-electron chi connectivity index (χ4n) is 3.66. The summed E-state index contributed by atoms with van der Waals surface area (Å²) in [6.45, 7) is 0.852. The smallest absolute Gasteiger partial charge is 0.311 e. The van der Waals surface area contributed by atoms with Crippen molar-refractivity contribution in [1.82, 2.24) is 9.88 Å². The molecule has 21 heavy (non-hydrogen) atoms. The predicted octanol–water partition coefficient (Wildman–Crippen LogP) is 1.86. The van der Waals surface area contributed by atoms with Crippen LogP contribution in [0.5, 0.6) is 0 Å². The van der Waals surface area contributed by atoms with Crippen molar-refractivity contribution in [2.45, 2.75) is 37.8 Å². The molecule has 2 aliphatic heterocycles. The van der Waals surface area contributed by atoms with Crippen molar-refractivity contribution in [3.63, 3.8) is 0 Å². The fourth-order valence-corrected chi connectivity index (χ4v) is 3.66. The third kappa shape index (κ3) is 2.78. The first-order valence-corrected chi connectivity index (χ1v) is 7.41. The molecule has 114 valence electrons. The number of anilines is 2. The van der Waals surface area contributed by atoms with Crippen molar-refractivity contribution in [1.29, 1.82) is 0 Å². The lowest BCUT2D eigenvalue weighted by molar-refractivity contribution is -0.384. The van der Waals surface area contributed by atoms with E-state index in [2.05, 4.69) is 22.2 Å². The van der Waals surface area contributed by atoms with E-state index in [1.54, 1.807) is 6.07 Å².